The molecule has 4 aromatic carbocycles. The van der Waals surface area contributed by atoms with Crippen LogP contribution in [0.4, 0.5) is 26.3 Å². The van der Waals surface area contributed by atoms with Gasteiger partial charge in [0, 0.05) is 69.0 Å². The van der Waals surface area contributed by atoms with Crippen molar-refractivity contribution in [2.45, 2.75) is 113 Å². The third kappa shape index (κ3) is 20.7. The Labute approximate surface area is 594 Å². The zero-order valence-corrected chi connectivity index (χ0v) is 58.9. The van der Waals surface area contributed by atoms with Gasteiger partial charge in [-0.25, -0.2) is 30.2 Å². The highest BCUT2D eigenvalue weighted by atomic mass is 35.5. The van der Waals surface area contributed by atoms with Gasteiger partial charge in [0.15, 0.2) is 0 Å². The number of amidine groups is 2. The van der Waals surface area contributed by atoms with Crippen molar-refractivity contribution < 1.29 is 96.6 Å². The van der Waals surface area contributed by atoms with Crippen molar-refractivity contribution in [1.29, 1.82) is 0 Å². The Bertz CT molecular complexity index is 4030. The fourth-order valence-corrected chi connectivity index (χ4v) is 15.1. The molecule has 0 aliphatic carbocycles. The Morgan fingerprint density at radius 2 is 1.04 bits per heavy atom. The van der Waals surface area contributed by atoms with Crippen LogP contribution in [0.2, 0.25) is 0 Å². The van der Waals surface area contributed by atoms with Gasteiger partial charge in [-0.2, -0.15) is 26.3 Å². The van der Waals surface area contributed by atoms with Crippen LogP contribution in [-0.4, -0.2) is 207 Å². The molecule has 0 bridgehead atoms. The Hall–Kier alpha value is -7.85. The van der Waals surface area contributed by atoms with Gasteiger partial charge in [-0.15, -0.1) is 38.7 Å². The monoisotopic (exact) mass is 1490 g/mol. The van der Waals surface area contributed by atoms with Gasteiger partial charge in [0.25, 0.3) is 17.7 Å². The average molecular weight is 1490 g/mol. The highest BCUT2D eigenvalue weighted by Gasteiger charge is 2.50. The van der Waals surface area contributed by atoms with E-state index < -0.39 is 84.6 Å². The number of sulfonamides is 2. The molecule has 6 aliphatic heterocycles. The molecule has 10 rings (SSSR count). The minimum absolute atomic E-state index is 0. The Morgan fingerprint density at radius 3 is 1.43 bits per heavy atom. The maximum Gasteiger partial charge on any atom is 0.416 e. The van der Waals surface area contributed by atoms with Gasteiger partial charge in [-0.1, -0.05) is 36.4 Å². The van der Waals surface area contributed by atoms with Crippen LogP contribution in [0.15, 0.2) is 133 Å². The summed E-state index contributed by atoms with van der Waals surface area (Å²) < 4.78 is 159. The number of alkyl halides is 6. The SMILES string of the molecule is C=CCCOc1cc(C2=NC3(CCN(S(=O)(=O)CCc4ccc(C(=O)N5C[C@H](OCC=C)[C@@H](O)C5)cc4C)CC3)C(=O)N2)cc(C(F)(F)F)c1.C=CCCOc1cc(C2=NC3(CCN(S(=O)(=O)CCc4ccc(C(=O)O)cc4C)CC3)C(=O)N2)cc(C(F)(F)F)c1.C=CCO[C@H]1CNC[C@@H]1O.Cl. The highest BCUT2D eigenvalue weighted by Crippen LogP contribution is 2.39. The second-order valence-corrected chi connectivity index (χ2v) is 29.3. The summed E-state index contributed by atoms with van der Waals surface area (Å²) in [4.78, 5) is 60.9. The second-order valence-electron chi connectivity index (χ2n) is 25.1. The Balaban J connectivity index is 0.000000252. The maximum atomic E-state index is 13.7. The van der Waals surface area contributed by atoms with Crippen molar-refractivity contribution in [2.75, 3.05) is 90.3 Å². The van der Waals surface area contributed by atoms with E-state index in [0.717, 1.165) is 41.9 Å². The maximum absolute atomic E-state index is 13.7. The topological polar surface area (TPSA) is 305 Å². The summed E-state index contributed by atoms with van der Waals surface area (Å²) in [6.07, 6.45) is -3.10. The number of rotatable bonds is 26. The lowest BCUT2D eigenvalue weighted by Gasteiger charge is -2.34. The quantitative estimate of drug-likeness (QED) is 0.0201. The number of aromatic carboxylic acids is 1. The standard InChI is InChI=1S/C35H41F3N4O7S.C28H30F3N3O6S.C7H13NO2.ClH/c1-4-6-15-48-28-19-26(18-27(20-28)35(36,37)38)31-39-33(45)34(40-31)10-12-42(13-11-34)50(46,47)16-9-24-7-8-25(17-23(24)3)32(44)41-21-29(43)30(22-41)49-14-5-2;1-3-4-12-40-23-16-21(15-22(17-23)28(29,30)31)24-32-26(37)27(33-24)8-10-34(11-9-27)41(38,39)13-7-19-5-6-20(25(35)36)14-18(19)2;1-2-3-10-7-5-8-4-6(7)9;/h4-5,7-8,17-20,29-30,43H,1-2,6,9-16,21-22H2,3H3,(H,39,40,45);3,5-6,14-17H,1,4,7-13H2,2H3,(H,35,36)(H,32,33,37);2,6-9H,1,3-5H2;1H/t29-,30-;;6-,7-;/m0.0./s1. The highest BCUT2D eigenvalue weighted by molar-refractivity contribution is 7.89. The van der Waals surface area contributed by atoms with Crippen molar-refractivity contribution in [2.24, 2.45) is 9.98 Å². The van der Waals surface area contributed by atoms with Crippen LogP contribution in [0.3, 0.4) is 0 Å². The molecule has 3 amide bonds. The van der Waals surface area contributed by atoms with Crippen LogP contribution in [0.25, 0.3) is 0 Å². The van der Waals surface area contributed by atoms with Crippen LogP contribution < -0.4 is 25.4 Å². The van der Waals surface area contributed by atoms with Crippen molar-refractivity contribution in [3.63, 3.8) is 0 Å². The second kappa shape index (κ2) is 35.1. The number of hydrogen-bond donors (Lipinski definition) is 6. The van der Waals surface area contributed by atoms with Gasteiger partial charge in [0.1, 0.15) is 40.4 Å². The molecule has 102 heavy (non-hydrogen) atoms. The number of aryl methyl sites for hydroxylation is 4. The molecule has 4 aromatic rings. The summed E-state index contributed by atoms with van der Waals surface area (Å²) in [5.74, 6) is -2.82. The summed E-state index contributed by atoms with van der Waals surface area (Å²) in [7, 11) is -7.45. The van der Waals surface area contributed by atoms with Crippen LogP contribution in [0, 0.1) is 13.8 Å². The largest absolute Gasteiger partial charge is 0.493 e. The number of piperidine rings is 2. The van der Waals surface area contributed by atoms with E-state index >= 15 is 0 Å². The number of benzene rings is 4. The number of nitrogens with zero attached hydrogens (tertiary/aromatic N) is 5. The summed E-state index contributed by atoms with van der Waals surface area (Å²) >= 11 is 0. The number of hydrogen-bond acceptors (Lipinski definition) is 17. The molecular weight excluding hydrogens is 1410 g/mol. The predicted octanol–water partition coefficient (Wildman–Crippen LogP) is 7.53. The van der Waals surface area contributed by atoms with Crippen LogP contribution >= 0.6 is 12.4 Å². The number of β-amino-alcohol motifs (C(OH)–C–C–N with tert-alkyl or cyclic N) is 2. The molecule has 4 fully saturated rings. The molecule has 32 heteroatoms. The van der Waals surface area contributed by atoms with Crippen LogP contribution in [0.5, 0.6) is 11.5 Å². The number of aliphatic hydroxyl groups excluding tert-OH is 2. The summed E-state index contributed by atoms with van der Waals surface area (Å²) in [5, 5.41) is 36.8. The van der Waals surface area contributed by atoms with Gasteiger partial charge >= 0.3 is 18.3 Å². The van der Waals surface area contributed by atoms with E-state index in [9.17, 15) is 72.6 Å². The first-order chi connectivity index (χ1) is 47.7. The number of ether oxygens (including phenoxy) is 4. The third-order valence-electron chi connectivity index (χ3n) is 18.0. The number of carbonyl (C=O) groups is 4. The van der Waals surface area contributed by atoms with E-state index in [0.29, 0.717) is 42.7 Å². The van der Waals surface area contributed by atoms with Crippen molar-refractivity contribution in [3.05, 3.63) is 179 Å². The molecule has 0 radical (unpaired) electrons. The van der Waals surface area contributed by atoms with E-state index in [1.165, 1.54) is 37.8 Å². The van der Waals surface area contributed by atoms with Crippen LogP contribution in [-0.2, 0) is 64.3 Å². The van der Waals surface area contributed by atoms with Gasteiger partial charge in [-0.3, -0.25) is 24.4 Å². The average Bonchev–Trinajstić information content (AvgIpc) is 1.60. The normalized spacial score (nSPS) is 20.4. The molecule has 4 atom stereocenters. The molecule has 2 spiro atoms. The smallest absolute Gasteiger partial charge is 0.416 e. The van der Waals surface area contributed by atoms with Crippen LogP contribution in [0.1, 0.15) is 104 Å². The molecule has 0 unspecified atom stereocenters. The predicted molar refractivity (Wildman–Crippen MR) is 372 cm³/mol. The van der Waals surface area contributed by atoms with E-state index in [1.807, 2.05) is 0 Å². The van der Waals surface area contributed by atoms with Crippen molar-refractivity contribution >= 4 is 67.8 Å². The van der Waals surface area contributed by atoms with Crippen molar-refractivity contribution in [3.8, 4) is 11.5 Å². The number of aliphatic hydroxyl groups is 2. The number of nitrogens with one attached hydrogen (secondary N) is 3. The number of aliphatic imine (C=N–C) groups is 2. The van der Waals surface area contributed by atoms with Gasteiger partial charge in [0.2, 0.25) is 20.0 Å². The first-order valence-corrected chi connectivity index (χ1v) is 35.9. The van der Waals surface area contributed by atoms with E-state index in [-0.39, 0.29) is 180 Å². The molecule has 6 heterocycles. The lowest BCUT2D eigenvalue weighted by molar-refractivity contribution is -0.138. The molecule has 6 N–H and O–H groups in total. The molecule has 6 aliphatic rings. The van der Waals surface area contributed by atoms with Gasteiger partial charge in [0.05, 0.1) is 72.9 Å². The first kappa shape index (κ1) is 81.4. The number of carboxylic acids is 1. The fraction of sp³-hybridized carbons (Fsp3) is 0.457. The molecule has 4 saturated heterocycles. The third-order valence-corrected chi connectivity index (χ3v) is 21.7. The summed E-state index contributed by atoms with van der Waals surface area (Å²) in [6.45, 7) is 20.6. The first-order valence-electron chi connectivity index (χ1n) is 32.7. The molecule has 556 valence electrons. The summed E-state index contributed by atoms with van der Waals surface area (Å²) in [6, 6.07) is 15.9. The number of likely N-dealkylation sites (tertiary alicyclic amines) is 1. The van der Waals surface area contributed by atoms with Crippen molar-refractivity contribution in [1.82, 2.24) is 29.5 Å². The summed E-state index contributed by atoms with van der Waals surface area (Å²) in [5.41, 5.74) is -0.990. The van der Waals surface area contributed by atoms with E-state index in [1.54, 1.807) is 62.4 Å². The number of amides is 3. The molecule has 0 aromatic heterocycles. The Kier molecular flexibility index (Phi) is 28.0. The van der Waals surface area contributed by atoms with Gasteiger partial charge < -0.3 is 55.1 Å². The minimum atomic E-state index is -4.66. The lowest BCUT2D eigenvalue weighted by atomic mass is 9.89. The number of carboxylic acid groups (broad SMARTS) is 1. The minimum Gasteiger partial charge on any atom is -0.493 e. The number of halogens is 7. The number of carbonyl (C=O) groups excluding carboxylic acids is 3. The zero-order valence-electron chi connectivity index (χ0n) is 56.4. The molecule has 0 saturated carbocycles. The Morgan fingerprint density at radius 1 is 0.608 bits per heavy atom. The lowest BCUT2D eigenvalue weighted by Crippen LogP contribution is -2.50. The van der Waals surface area contributed by atoms with Gasteiger partial charge in [-0.05, 0) is 148 Å². The zero-order chi connectivity index (χ0) is 73.7. The van der Waals surface area contributed by atoms with E-state index in [4.69, 9.17) is 24.1 Å². The molecular formula is C70H85ClF6N8O15S2. The van der Waals surface area contributed by atoms with E-state index in [2.05, 4.69) is 52.3 Å². The fourth-order valence-electron chi connectivity index (χ4n) is 12.2. The molecule has 23 nitrogen and oxygen atoms in total.